The third kappa shape index (κ3) is 2.79. The van der Waals surface area contributed by atoms with Crippen LogP contribution in [0.5, 0.6) is 0 Å². The molecule has 1 aromatic carbocycles. The summed E-state index contributed by atoms with van der Waals surface area (Å²) in [6.45, 7) is 6.69. The highest BCUT2D eigenvalue weighted by Gasteiger charge is 2.30. The van der Waals surface area contributed by atoms with Crippen LogP contribution >= 0.6 is 12.2 Å². The van der Waals surface area contributed by atoms with Crippen LogP contribution in [0.15, 0.2) is 35.1 Å². The molecule has 3 aromatic rings. The number of pyridine rings is 1. The van der Waals surface area contributed by atoms with E-state index in [1.54, 1.807) is 0 Å². The highest BCUT2D eigenvalue weighted by molar-refractivity contribution is 7.71. The van der Waals surface area contributed by atoms with E-state index in [9.17, 15) is 4.79 Å². The zero-order chi connectivity index (χ0) is 18.5. The molecule has 3 heterocycles. The van der Waals surface area contributed by atoms with Gasteiger partial charge >= 0.3 is 0 Å². The predicted octanol–water partition coefficient (Wildman–Crippen LogP) is 3.99. The Morgan fingerprint density at radius 1 is 1.35 bits per heavy atom. The van der Waals surface area contributed by atoms with E-state index >= 15 is 0 Å². The number of nitrogens with zero attached hydrogens (tertiary/aromatic N) is 2. The quantitative estimate of drug-likeness (QED) is 0.696. The second-order valence-electron chi connectivity index (χ2n) is 7.17. The van der Waals surface area contributed by atoms with Gasteiger partial charge in [0.2, 0.25) is 0 Å². The molecule has 134 valence electrons. The molecule has 0 unspecified atom stereocenters. The summed E-state index contributed by atoms with van der Waals surface area (Å²) < 4.78 is 7.87. The molecule has 0 spiro atoms. The summed E-state index contributed by atoms with van der Waals surface area (Å²) in [4.78, 5) is 20.9. The molecule has 26 heavy (non-hydrogen) atoms. The van der Waals surface area contributed by atoms with Gasteiger partial charge < -0.3 is 9.72 Å². The predicted molar refractivity (Wildman–Crippen MR) is 104 cm³/mol. The third-order valence-corrected chi connectivity index (χ3v) is 5.50. The van der Waals surface area contributed by atoms with Crippen molar-refractivity contribution in [3.05, 3.63) is 62.3 Å². The molecule has 0 aliphatic carbocycles. The number of hydrogen-bond acceptors (Lipinski definition) is 4. The van der Waals surface area contributed by atoms with Gasteiger partial charge in [-0.3, -0.25) is 9.36 Å². The minimum atomic E-state index is -0.207. The Kier molecular flexibility index (Phi) is 4.04. The fourth-order valence-electron chi connectivity index (χ4n) is 3.31. The summed E-state index contributed by atoms with van der Waals surface area (Å²) in [7, 11) is 0. The first-order valence-electron chi connectivity index (χ1n) is 8.79. The van der Waals surface area contributed by atoms with Gasteiger partial charge in [-0.1, -0.05) is 24.6 Å². The molecule has 1 atom stereocenters. The summed E-state index contributed by atoms with van der Waals surface area (Å²) in [5.41, 5.74) is 4.00. The van der Waals surface area contributed by atoms with Crippen molar-refractivity contribution in [2.45, 2.75) is 45.8 Å². The van der Waals surface area contributed by atoms with E-state index in [1.165, 1.54) is 4.57 Å². The summed E-state index contributed by atoms with van der Waals surface area (Å²) in [5, 5.41) is 0.529. The van der Waals surface area contributed by atoms with Gasteiger partial charge in [-0.2, -0.15) is 0 Å². The first-order chi connectivity index (χ1) is 12.4. The zero-order valence-corrected chi connectivity index (χ0v) is 15.9. The lowest BCUT2D eigenvalue weighted by atomic mass is 9.91. The van der Waals surface area contributed by atoms with Crippen molar-refractivity contribution >= 4 is 23.3 Å². The van der Waals surface area contributed by atoms with E-state index in [0.29, 0.717) is 22.4 Å². The van der Waals surface area contributed by atoms with Crippen LogP contribution in [0.4, 0.5) is 0 Å². The second-order valence-corrected chi connectivity index (χ2v) is 7.55. The van der Waals surface area contributed by atoms with E-state index in [-0.39, 0.29) is 11.2 Å². The Labute approximate surface area is 156 Å². The molecule has 0 fully saturated rings. The minimum absolute atomic E-state index is 0.160. The monoisotopic (exact) mass is 367 g/mol. The molecule has 2 aromatic heterocycles. The van der Waals surface area contributed by atoms with Crippen molar-refractivity contribution < 1.29 is 4.74 Å². The second kappa shape index (κ2) is 6.14. The van der Waals surface area contributed by atoms with Gasteiger partial charge in [0.25, 0.3) is 5.56 Å². The van der Waals surface area contributed by atoms with Gasteiger partial charge in [-0.05, 0) is 50.7 Å². The molecule has 5 nitrogen and oxygen atoms in total. The average Bonchev–Trinajstić information content (AvgIpc) is 2.62. The van der Waals surface area contributed by atoms with Crippen LogP contribution in [0.1, 0.15) is 37.1 Å². The van der Waals surface area contributed by atoms with Gasteiger partial charge in [0, 0.05) is 12.0 Å². The Morgan fingerprint density at radius 2 is 2.08 bits per heavy atom. The van der Waals surface area contributed by atoms with Crippen molar-refractivity contribution in [2.75, 3.05) is 0 Å². The Bertz CT molecular complexity index is 1110. The number of aromatic amines is 1. The molecule has 0 bridgehead atoms. The molecule has 0 saturated heterocycles. The molecule has 4 rings (SSSR count). The van der Waals surface area contributed by atoms with E-state index in [4.69, 9.17) is 21.9 Å². The summed E-state index contributed by atoms with van der Waals surface area (Å²) in [5.74, 6) is 0. The maximum Gasteiger partial charge on any atom is 0.268 e. The summed E-state index contributed by atoms with van der Waals surface area (Å²) in [6.07, 6.45) is 1.65. The summed E-state index contributed by atoms with van der Waals surface area (Å²) in [6, 6.07) is 9.61. The number of benzene rings is 1. The standard InChI is InChI=1S/C20H21N3O2S/c1-4-20(3)10-16-13(11-25-20)9-15-17(21-16)22-19(26)23(18(15)24)14-7-5-12(2)6-8-14/h5-9H,4,10-11H2,1-3H3,(H,21,22,26)/t20-/m1/s1. The van der Waals surface area contributed by atoms with Crippen molar-refractivity contribution in [2.24, 2.45) is 0 Å². The molecule has 1 N–H and O–H groups in total. The number of nitrogens with one attached hydrogen (secondary N) is 1. The van der Waals surface area contributed by atoms with Gasteiger partial charge in [0.15, 0.2) is 4.77 Å². The lowest BCUT2D eigenvalue weighted by Gasteiger charge is -2.33. The Hall–Kier alpha value is -2.31. The lowest BCUT2D eigenvalue weighted by Crippen LogP contribution is -2.35. The smallest absolute Gasteiger partial charge is 0.268 e. The van der Waals surface area contributed by atoms with E-state index in [0.717, 1.165) is 35.3 Å². The average molecular weight is 367 g/mol. The molecule has 0 amide bonds. The lowest BCUT2D eigenvalue weighted by molar-refractivity contribution is -0.0573. The van der Waals surface area contributed by atoms with Crippen LogP contribution in [0.25, 0.3) is 16.7 Å². The maximum absolute atomic E-state index is 13.1. The number of hydrogen-bond donors (Lipinski definition) is 1. The molecule has 0 saturated carbocycles. The van der Waals surface area contributed by atoms with Crippen LogP contribution in [-0.4, -0.2) is 20.1 Å². The molecular formula is C20H21N3O2S. The van der Waals surface area contributed by atoms with E-state index in [1.807, 2.05) is 37.3 Å². The molecule has 6 heteroatoms. The SMILES string of the molecule is CC[C@]1(C)Cc2nc3[nH]c(=S)n(-c4ccc(C)cc4)c(=O)c3cc2CO1. The Balaban J connectivity index is 1.92. The topological polar surface area (TPSA) is 59.9 Å². The van der Waals surface area contributed by atoms with Crippen LogP contribution in [-0.2, 0) is 17.8 Å². The van der Waals surface area contributed by atoms with Gasteiger partial charge in [0.1, 0.15) is 5.65 Å². The number of ether oxygens (including phenoxy) is 1. The number of H-pyrrole nitrogens is 1. The molecule has 1 aliphatic heterocycles. The van der Waals surface area contributed by atoms with E-state index in [2.05, 4.69) is 18.8 Å². The zero-order valence-electron chi connectivity index (χ0n) is 15.1. The van der Waals surface area contributed by atoms with Gasteiger partial charge in [-0.25, -0.2) is 4.98 Å². The Morgan fingerprint density at radius 3 is 2.77 bits per heavy atom. The molecule has 1 aliphatic rings. The fraction of sp³-hybridized carbons (Fsp3) is 0.350. The minimum Gasteiger partial charge on any atom is -0.370 e. The fourth-order valence-corrected chi connectivity index (χ4v) is 3.60. The molecule has 0 radical (unpaired) electrons. The number of fused-ring (bicyclic) bond motifs is 2. The van der Waals surface area contributed by atoms with Crippen LogP contribution in [0.3, 0.4) is 0 Å². The van der Waals surface area contributed by atoms with Crippen LogP contribution in [0.2, 0.25) is 0 Å². The summed E-state index contributed by atoms with van der Waals surface area (Å²) >= 11 is 5.45. The highest BCUT2D eigenvalue weighted by Crippen LogP contribution is 2.30. The van der Waals surface area contributed by atoms with Crippen molar-refractivity contribution in [1.29, 1.82) is 0 Å². The van der Waals surface area contributed by atoms with Crippen molar-refractivity contribution in [3.63, 3.8) is 0 Å². The van der Waals surface area contributed by atoms with E-state index < -0.39 is 0 Å². The highest BCUT2D eigenvalue weighted by atomic mass is 32.1. The van der Waals surface area contributed by atoms with Crippen LogP contribution < -0.4 is 5.56 Å². The first kappa shape index (κ1) is 17.1. The number of aromatic nitrogens is 3. The first-order valence-corrected chi connectivity index (χ1v) is 9.20. The third-order valence-electron chi connectivity index (χ3n) is 5.21. The van der Waals surface area contributed by atoms with Crippen molar-refractivity contribution in [1.82, 2.24) is 14.5 Å². The van der Waals surface area contributed by atoms with Gasteiger partial charge in [0.05, 0.1) is 29.0 Å². The van der Waals surface area contributed by atoms with Crippen molar-refractivity contribution in [3.8, 4) is 5.69 Å². The normalized spacial score (nSPS) is 19.5. The molecular weight excluding hydrogens is 346 g/mol. The largest absolute Gasteiger partial charge is 0.370 e. The van der Waals surface area contributed by atoms with Gasteiger partial charge in [-0.15, -0.1) is 0 Å². The maximum atomic E-state index is 13.1. The van der Waals surface area contributed by atoms with Crippen LogP contribution in [0, 0.1) is 11.7 Å². The number of rotatable bonds is 2. The number of aryl methyl sites for hydroxylation is 1.